The van der Waals surface area contributed by atoms with Crippen molar-refractivity contribution in [2.45, 2.75) is 25.4 Å². The van der Waals surface area contributed by atoms with Gasteiger partial charge in [0.1, 0.15) is 5.82 Å². The number of aromatic hydroxyl groups is 1. The highest BCUT2D eigenvalue weighted by atomic mass is 35.5. The van der Waals surface area contributed by atoms with Crippen LogP contribution in [-0.4, -0.2) is 30.6 Å². The predicted octanol–water partition coefficient (Wildman–Crippen LogP) is 5.74. The molecule has 2 heterocycles. The number of phenolic OH excluding ortho intramolecular Hbond substituents is 1. The van der Waals surface area contributed by atoms with Crippen molar-refractivity contribution in [2.24, 2.45) is 0 Å². The lowest BCUT2D eigenvalue weighted by atomic mass is 10.1. The number of sulfonamides is 1. The van der Waals surface area contributed by atoms with Gasteiger partial charge in [0, 0.05) is 22.5 Å². The minimum atomic E-state index is -4.03. The van der Waals surface area contributed by atoms with Gasteiger partial charge in [-0.1, -0.05) is 23.7 Å². The van der Waals surface area contributed by atoms with E-state index in [-0.39, 0.29) is 27.5 Å². The van der Waals surface area contributed by atoms with Gasteiger partial charge in [-0.3, -0.25) is 4.72 Å². The van der Waals surface area contributed by atoms with E-state index in [1.165, 1.54) is 31.5 Å². The summed E-state index contributed by atoms with van der Waals surface area (Å²) in [5, 5.41) is 13.3. The van der Waals surface area contributed by atoms with Crippen LogP contribution in [0.4, 0.5) is 15.2 Å². The molecule has 0 unspecified atom stereocenters. The van der Waals surface area contributed by atoms with Gasteiger partial charge in [0.05, 0.1) is 29.7 Å². The fourth-order valence-corrected chi connectivity index (χ4v) is 5.94. The number of methoxy groups -OCH3 is 1. The molecule has 0 atom stereocenters. The van der Waals surface area contributed by atoms with Crippen LogP contribution in [0.2, 0.25) is 5.02 Å². The molecule has 0 aliphatic heterocycles. The monoisotopic (exact) mass is 548 g/mol. The van der Waals surface area contributed by atoms with Crippen LogP contribution in [0, 0.1) is 19.7 Å². The van der Waals surface area contributed by atoms with Crippen molar-refractivity contribution in [2.75, 3.05) is 17.1 Å². The number of para-hydroxylation sites is 1. The average molecular weight is 549 g/mol. The summed E-state index contributed by atoms with van der Waals surface area (Å²) in [6, 6.07) is 11.0. The number of aromatic nitrogens is 2. The first kappa shape index (κ1) is 25.7. The quantitative estimate of drug-likeness (QED) is 0.257. The highest BCUT2D eigenvalue weighted by Crippen LogP contribution is 2.34. The summed E-state index contributed by atoms with van der Waals surface area (Å²) in [7, 11) is -2.56. The Morgan fingerprint density at radius 2 is 1.97 bits per heavy atom. The minimum Gasteiger partial charge on any atom is -0.504 e. The van der Waals surface area contributed by atoms with Crippen LogP contribution in [-0.2, 0) is 16.6 Å². The van der Waals surface area contributed by atoms with Crippen LogP contribution in [0.15, 0.2) is 53.7 Å². The van der Waals surface area contributed by atoms with Gasteiger partial charge in [0.2, 0.25) is 0 Å². The summed E-state index contributed by atoms with van der Waals surface area (Å²) in [5.74, 6) is -0.158. The second-order valence-electron chi connectivity index (χ2n) is 7.83. The number of anilines is 2. The number of benzene rings is 2. The number of aryl methyl sites for hydroxylation is 2. The molecule has 4 aromatic rings. The molecule has 0 aliphatic rings. The lowest BCUT2D eigenvalue weighted by Crippen LogP contribution is -2.16. The van der Waals surface area contributed by atoms with Crippen molar-refractivity contribution < 1.29 is 22.7 Å². The topological polar surface area (TPSA) is 113 Å². The maximum atomic E-state index is 13.5. The van der Waals surface area contributed by atoms with Crippen LogP contribution in [0.1, 0.15) is 16.0 Å². The molecule has 8 nitrogen and oxygen atoms in total. The molecule has 0 spiro atoms. The van der Waals surface area contributed by atoms with Crippen molar-refractivity contribution >= 4 is 43.8 Å². The van der Waals surface area contributed by atoms with Gasteiger partial charge in [-0.15, -0.1) is 11.3 Å². The number of hydrogen-bond donors (Lipinski definition) is 3. The van der Waals surface area contributed by atoms with Crippen LogP contribution in [0.5, 0.6) is 11.5 Å². The van der Waals surface area contributed by atoms with Crippen molar-refractivity contribution in [1.82, 2.24) is 9.97 Å². The lowest BCUT2D eigenvalue weighted by Gasteiger charge is -2.12. The van der Waals surface area contributed by atoms with Crippen molar-refractivity contribution in [3.8, 4) is 22.8 Å². The van der Waals surface area contributed by atoms with Crippen molar-refractivity contribution in [3.05, 3.63) is 75.5 Å². The molecule has 0 bridgehead atoms. The number of ether oxygens (including phenoxy) is 1. The SMILES string of the molecule is COc1cccc(CNc2cnc(S(=O)(=O)Nc3nc(-c4ccc(F)c(Cl)c4)c(C)s3)c(C)c2)c1O. The Kier molecular flexibility index (Phi) is 7.34. The average Bonchev–Trinajstić information content (AvgIpc) is 3.19. The van der Waals surface area contributed by atoms with Gasteiger partial charge < -0.3 is 15.2 Å². The van der Waals surface area contributed by atoms with E-state index < -0.39 is 15.8 Å². The molecule has 3 N–H and O–H groups in total. The molecule has 0 fully saturated rings. The van der Waals surface area contributed by atoms with Crippen molar-refractivity contribution in [1.29, 1.82) is 0 Å². The molecule has 0 amide bonds. The van der Waals surface area contributed by atoms with E-state index >= 15 is 0 Å². The third kappa shape index (κ3) is 5.38. The zero-order chi connectivity index (χ0) is 26.0. The molecule has 36 heavy (non-hydrogen) atoms. The minimum absolute atomic E-state index is 0.0293. The zero-order valence-corrected chi connectivity index (χ0v) is 21.9. The van der Waals surface area contributed by atoms with Gasteiger partial charge in [0.15, 0.2) is 21.7 Å². The first-order valence-corrected chi connectivity index (χ1v) is 13.3. The van der Waals surface area contributed by atoms with Crippen LogP contribution in [0.25, 0.3) is 11.3 Å². The third-order valence-corrected chi connectivity index (χ3v) is 7.99. The van der Waals surface area contributed by atoms with Crippen molar-refractivity contribution in [3.63, 3.8) is 0 Å². The number of nitrogens with zero attached hydrogens (tertiary/aromatic N) is 2. The molecule has 0 saturated heterocycles. The molecule has 0 radical (unpaired) electrons. The number of nitrogens with one attached hydrogen (secondary N) is 2. The Hall–Kier alpha value is -3.41. The standard InChI is InChI=1S/C24H22ClFN4O4S2/c1-13-9-17(27-11-16-5-4-6-20(34-3)22(16)31)12-28-23(13)36(32,33)30-24-29-21(14(2)35-24)15-7-8-19(26)18(25)10-15/h4-10,12,27,31H,11H2,1-3H3,(H,29,30). The molecule has 0 saturated carbocycles. The molecule has 2 aromatic carbocycles. The number of pyridine rings is 1. The normalized spacial score (nSPS) is 11.4. The fraction of sp³-hybridized carbons (Fsp3) is 0.167. The number of rotatable bonds is 8. The Balaban J connectivity index is 1.51. The molecule has 12 heteroatoms. The second-order valence-corrected chi connectivity index (χ2v) is 11.0. The zero-order valence-electron chi connectivity index (χ0n) is 19.5. The highest BCUT2D eigenvalue weighted by molar-refractivity contribution is 7.92. The fourth-order valence-electron chi connectivity index (χ4n) is 3.53. The summed E-state index contributed by atoms with van der Waals surface area (Å²) in [6.45, 7) is 3.70. The third-order valence-electron chi connectivity index (χ3n) is 5.28. The Bertz CT molecular complexity index is 1540. The van der Waals surface area contributed by atoms with E-state index in [1.807, 2.05) is 0 Å². The van der Waals surface area contributed by atoms with Gasteiger partial charge in [-0.05, 0) is 49.7 Å². The van der Waals surface area contributed by atoms with Crippen LogP contribution < -0.4 is 14.8 Å². The predicted molar refractivity (Wildman–Crippen MR) is 139 cm³/mol. The first-order chi connectivity index (χ1) is 17.1. The Labute approximate surface area is 216 Å². The van der Waals surface area contributed by atoms with E-state index in [2.05, 4.69) is 20.0 Å². The van der Waals surface area contributed by atoms with Gasteiger partial charge >= 0.3 is 0 Å². The number of thiazole rings is 1. The molecular formula is C24H22ClFN4O4S2. The smallest absolute Gasteiger partial charge is 0.281 e. The summed E-state index contributed by atoms with van der Waals surface area (Å²) in [5.41, 5.74) is 2.69. The molecule has 188 valence electrons. The van der Waals surface area contributed by atoms with E-state index in [1.54, 1.807) is 38.1 Å². The van der Waals surface area contributed by atoms with Gasteiger partial charge in [-0.25, -0.2) is 14.4 Å². The molecule has 2 aromatic heterocycles. The van der Waals surface area contributed by atoms with E-state index in [4.69, 9.17) is 16.3 Å². The molecule has 0 aliphatic carbocycles. The van der Waals surface area contributed by atoms with Crippen LogP contribution in [0.3, 0.4) is 0 Å². The molecule has 4 rings (SSSR count). The Morgan fingerprint density at radius 3 is 2.67 bits per heavy atom. The van der Waals surface area contributed by atoms with E-state index in [9.17, 15) is 17.9 Å². The second kappa shape index (κ2) is 10.3. The van der Waals surface area contributed by atoms with Gasteiger partial charge in [-0.2, -0.15) is 8.42 Å². The van der Waals surface area contributed by atoms with E-state index in [0.717, 1.165) is 16.2 Å². The summed E-state index contributed by atoms with van der Waals surface area (Å²) in [6.07, 6.45) is 1.40. The van der Waals surface area contributed by atoms with Gasteiger partial charge in [0.25, 0.3) is 10.0 Å². The highest BCUT2D eigenvalue weighted by Gasteiger charge is 2.22. The van der Waals surface area contributed by atoms with E-state index in [0.29, 0.717) is 33.8 Å². The van der Waals surface area contributed by atoms with Crippen LogP contribution >= 0.6 is 22.9 Å². The first-order valence-electron chi connectivity index (χ1n) is 10.6. The number of halogens is 2. The lowest BCUT2D eigenvalue weighted by molar-refractivity contribution is 0.371. The summed E-state index contributed by atoms with van der Waals surface area (Å²) >= 11 is 7.02. The summed E-state index contributed by atoms with van der Waals surface area (Å²) in [4.78, 5) is 9.24. The maximum Gasteiger partial charge on any atom is 0.281 e. The summed E-state index contributed by atoms with van der Waals surface area (Å²) < 4.78 is 47.2. The number of phenols is 1. The number of hydrogen-bond acceptors (Lipinski definition) is 8. The maximum absolute atomic E-state index is 13.5. The Morgan fingerprint density at radius 1 is 1.19 bits per heavy atom. The largest absolute Gasteiger partial charge is 0.504 e. The molecular weight excluding hydrogens is 527 g/mol.